The quantitative estimate of drug-likeness (QED) is 0.500. The minimum Gasteiger partial charge on any atom is -0.369 e. The van der Waals surface area contributed by atoms with Crippen molar-refractivity contribution in [1.82, 2.24) is 10.6 Å². The third-order valence-electron chi connectivity index (χ3n) is 6.06. The summed E-state index contributed by atoms with van der Waals surface area (Å²) < 4.78 is 13.5. The van der Waals surface area contributed by atoms with Crippen molar-refractivity contribution in [2.24, 2.45) is 0 Å². The van der Waals surface area contributed by atoms with Crippen LogP contribution in [0, 0.1) is 12.7 Å². The molecule has 3 aromatic rings. The van der Waals surface area contributed by atoms with E-state index in [4.69, 9.17) is 11.6 Å². The molecule has 0 bridgehead atoms. The Balaban J connectivity index is 1.40. The van der Waals surface area contributed by atoms with Gasteiger partial charge in [-0.05, 0) is 60.9 Å². The first-order chi connectivity index (χ1) is 16.4. The van der Waals surface area contributed by atoms with Gasteiger partial charge in [-0.25, -0.2) is 4.39 Å². The van der Waals surface area contributed by atoms with Crippen LogP contribution in [0.4, 0.5) is 10.1 Å². The average molecular weight is 480 g/mol. The van der Waals surface area contributed by atoms with Gasteiger partial charge in [0, 0.05) is 42.5 Å². The number of anilines is 1. The van der Waals surface area contributed by atoms with E-state index in [0.717, 1.165) is 29.8 Å². The van der Waals surface area contributed by atoms with Gasteiger partial charge in [0.15, 0.2) is 0 Å². The Kier molecular flexibility index (Phi) is 7.48. The third-order valence-corrected chi connectivity index (χ3v) is 6.40. The van der Waals surface area contributed by atoms with Crippen LogP contribution >= 0.6 is 11.6 Å². The maximum absolute atomic E-state index is 13.5. The number of nitrogens with zero attached hydrogens (tertiary/aromatic N) is 1. The molecule has 0 aromatic heterocycles. The largest absolute Gasteiger partial charge is 0.369 e. The van der Waals surface area contributed by atoms with Crippen LogP contribution in [-0.2, 0) is 11.2 Å². The molecule has 1 atom stereocenters. The molecule has 1 heterocycles. The van der Waals surface area contributed by atoms with E-state index in [0.29, 0.717) is 29.2 Å². The van der Waals surface area contributed by atoms with Gasteiger partial charge >= 0.3 is 0 Å². The molecular formula is C27H27ClFN3O2. The lowest BCUT2D eigenvalue weighted by Gasteiger charge is -2.22. The number of carbonyl (C=O) groups is 2. The summed E-state index contributed by atoms with van der Waals surface area (Å²) in [6, 6.07) is 19.3. The van der Waals surface area contributed by atoms with Crippen molar-refractivity contribution in [2.75, 3.05) is 31.1 Å². The van der Waals surface area contributed by atoms with E-state index in [9.17, 15) is 14.0 Å². The predicted molar refractivity (Wildman–Crippen MR) is 133 cm³/mol. The first kappa shape index (κ1) is 23.8. The molecule has 0 saturated carbocycles. The van der Waals surface area contributed by atoms with Gasteiger partial charge in [0.05, 0.1) is 5.92 Å². The van der Waals surface area contributed by atoms with Crippen molar-refractivity contribution < 1.29 is 14.0 Å². The number of halogens is 2. The highest BCUT2D eigenvalue weighted by Gasteiger charge is 2.25. The number of nitrogens with one attached hydrogen (secondary N) is 2. The predicted octanol–water partition coefficient (Wildman–Crippen LogP) is 4.48. The molecule has 0 unspecified atom stereocenters. The maximum atomic E-state index is 13.5. The lowest BCUT2D eigenvalue weighted by Crippen LogP contribution is -2.40. The monoisotopic (exact) mass is 479 g/mol. The van der Waals surface area contributed by atoms with Crippen molar-refractivity contribution in [2.45, 2.75) is 19.3 Å². The molecule has 0 fully saturated rings. The molecule has 2 amide bonds. The second-order valence-corrected chi connectivity index (χ2v) is 8.86. The van der Waals surface area contributed by atoms with Crippen LogP contribution < -0.4 is 15.5 Å². The van der Waals surface area contributed by atoms with Crippen LogP contribution in [0.2, 0.25) is 5.02 Å². The second-order valence-electron chi connectivity index (χ2n) is 8.45. The first-order valence-electron chi connectivity index (χ1n) is 11.3. The Bertz CT molecular complexity index is 1200. The van der Waals surface area contributed by atoms with Gasteiger partial charge in [0.25, 0.3) is 5.91 Å². The fourth-order valence-corrected chi connectivity index (χ4v) is 4.56. The van der Waals surface area contributed by atoms with Gasteiger partial charge in [0.1, 0.15) is 5.82 Å². The topological polar surface area (TPSA) is 61.4 Å². The minimum absolute atomic E-state index is 0.119. The summed E-state index contributed by atoms with van der Waals surface area (Å²) in [5.41, 5.74) is 4.18. The number of carbonyl (C=O) groups excluding carboxylic acids is 2. The van der Waals surface area contributed by atoms with Gasteiger partial charge in [-0.1, -0.05) is 47.5 Å². The van der Waals surface area contributed by atoms with Crippen molar-refractivity contribution in [1.29, 1.82) is 0 Å². The molecule has 5 nitrogen and oxygen atoms in total. The molecule has 2 N–H and O–H groups in total. The number of amides is 2. The van der Waals surface area contributed by atoms with Crippen LogP contribution in [0.25, 0.3) is 0 Å². The lowest BCUT2D eigenvalue weighted by molar-refractivity contribution is -0.122. The Labute approximate surface area is 203 Å². The van der Waals surface area contributed by atoms with E-state index in [-0.39, 0.29) is 24.2 Å². The van der Waals surface area contributed by atoms with Crippen molar-refractivity contribution in [3.05, 3.63) is 99.8 Å². The SMILES string of the molecule is Cc1cccc(C(=O)NC[C@H](C(=O)NCCN2CCc3cc(F)ccc32)c2ccccc2Cl)c1. The second kappa shape index (κ2) is 10.7. The summed E-state index contributed by atoms with van der Waals surface area (Å²) in [7, 11) is 0. The van der Waals surface area contributed by atoms with E-state index >= 15 is 0 Å². The van der Waals surface area contributed by atoms with Gasteiger partial charge in [0.2, 0.25) is 5.91 Å². The van der Waals surface area contributed by atoms with Crippen molar-refractivity contribution in [3.63, 3.8) is 0 Å². The van der Waals surface area contributed by atoms with Gasteiger partial charge < -0.3 is 15.5 Å². The first-order valence-corrected chi connectivity index (χ1v) is 11.7. The highest BCUT2D eigenvalue weighted by molar-refractivity contribution is 6.31. The molecule has 3 aromatic carbocycles. The highest BCUT2D eigenvalue weighted by Crippen LogP contribution is 2.28. The van der Waals surface area contributed by atoms with Crippen LogP contribution in [0.15, 0.2) is 66.7 Å². The summed E-state index contributed by atoms with van der Waals surface area (Å²) in [6.07, 6.45) is 0.786. The minimum atomic E-state index is -0.637. The molecule has 7 heteroatoms. The molecule has 34 heavy (non-hydrogen) atoms. The zero-order valence-electron chi connectivity index (χ0n) is 19.0. The molecular weight excluding hydrogens is 453 g/mol. The van der Waals surface area contributed by atoms with E-state index in [1.165, 1.54) is 6.07 Å². The summed E-state index contributed by atoms with van der Waals surface area (Å²) in [5.74, 6) is -1.32. The van der Waals surface area contributed by atoms with Gasteiger partial charge in [-0.3, -0.25) is 9.59 Å². The number of aryl methyl sites for hydroxylation is 1. The standard InChI is InChI=1S/C27H27ClFN3O2/c1-18-5-4-6-20(15-18)26(33)31-17-23(22-7-2-3-8-24(22)28)27(34)30-12-14-32-13-11-19-16-21(29)9-10-25(19)32/h2-10,15-16,23H,11-14,17H2,1H3,(H,30,34)(H,31,33)/t23-/m0/s1. The fourth-order valence-electron chi connectivity index (χ4n) is 4.29. The Morgan fingerprint density at radius 3 is 2.68 bits per heavy atom. The summed E-state index contributed by atoms with van der Waals surface area (Å²) in [5, 5.41) is 6.34. The van der Waals surface area contributed by atoms with Gasteiger partial charge in [-0.2, -0.15) is 0 Å². The average Bonchev–Trinajstić information content (AvgIpc) is 3.22. The Morgan fingerprint density at radius 1 is 1.06 bits per heavy atom. The molecule has 1 aliphatic rings. The molecule has 4 rings (SSSR count). The Morgan fingerprint density at radius 2 is 1.88 bits per heavy atom. The van der Waals surface area contributed by atoms with Crippen LogP contribution in [0.3, 0.4) is 0 Å². The fraction of sp³-hybridized carbons (Fsp3) is 0.259. The van der Waals surface area contributed by atoms with Crippen LogP contribution in [0.5, 0.6) is 0 Å². The van der Waals surface area contributed by atoms with Crippen molar-refractivity contribution >= 4 is 29.1 Å². The molecule has 0 aliphatic carbocycles. The number of hydrogen-bond acceptors (Lipinski definition) is 3. The number of hydrogen-bond donors (Lipinski definition) is 2. The number of rotatable bonds is 8. The molecule has 0 saturated heterocycles. The van der Waals surface area contributed by atoms with E-state index < -0.39 is 5.92 Å². The zero-order chi connectivity index (χ0) is 24.1. The molecule has 176 valence electrons. The summed E-state index contributed by atoms with van der Waals surface area (Å²) in [6.45, 7) is 3.85. The van der Waals surface area contributed by atoms with E-state index in [1.807, 2.05) is 25.1 Å². The van der Waals surface area contributed by atoms with Gasteiger partial charge in [-0.15, -0.1) is 0 Å². The summed E-state index contributed by atoms with van der Waals surface area (Å²) >= 11 is 6.39. The zero-order valence-corrected chi connectivity index (χ0v) is 19.7. The smallest absolute Gasteiger partial charge is 0.251 e. The van der Waals surface area contributed by atoms with Crippen LogP contribution in [0.1, 0.15) is 33.0 Å². The molecule has 0 radical (unpaired) electrons. The number of benzene rings is 3. The highest BCUT2D eigenvalue weighted by atomic mass is 35.5. The normalized spacial score (nSPS) is 13.3. The van der Waals surface area contributed by atoms with E-state index in [1.54, 1.807) is 42.5 Å². The Hall–Kier alpha value is -3.38. The van der Waals surface area contributed by atoms with Crippen LogP contribution in [-0.4, -0.2) is 38.0 Å². The number of fused-ring (bicyclic) bond motifs is 1. The van der Waals surface area contributed by atoms with E-state index in [2.05, 4.69) is 15.5 Å². The molecule has 1 aliphatic heterocycles. The lowest BCUT2D eigenvalue weighted by atomic mass is 9.97. The molecule has 0 spiro atoms. The third kappa shape index (κ3) is 5.57. The summed E-state index contributed by atoms with van der Waals surface area (Å²) in [4.78, 5) is 28.0. The maximum Gasteiger partial charge on any atom is 0.251 e. The van der Waals surface area contributed by atoms with Crippen molar-refractivity contribution in [3.8, 4) is 0 Å².